The topological polar surface area (TPSA) is 21.3 Å². The molecule has 1 unspecified atom stereocenters. The molecule has 1 saturated carbocycles. The van der Waals surface area contributed by atoms with E-state index < -0.39 is 0 Å². The second kappa shape index (κ2) is 6.83. The van der Waals surface area contributed by atoms with E-state index in [0.717, 1.165) is 17.4 Å². The van der Waals surface area contributed by atoms with Crippen LogP contribution in [-0.2, 0) is 0 Å². The fraction of sp³-hybridized carbons (Fsp3) is 0.647. The summed E-state index contributed by atoms with van der Waals surface area (Å²) in [7, 11) is 0. The lowest BCUT2D eigenvalue weighted by Gasteiger charge is -2.29. The smallest absolute Gasteiger partial charge is 0.142 e. The van der Waals surface area contributed by atoms with E-state index in [4.69, 9.17) is 4.74 Å². The van der Waals surface area contributed by atoms with Crippen molar-refractivity contribution in [1.29, 1.82) is 0 Å². The van der Waals surface area contributed by atoms with Gasteiger partial charge in [0.25, 0.3) is 0 Å². The predicted octanol–water partition coefficient (Wildman–Crippen LogP) is 4.85. The Morgan fingerprint density at radius 3 is 2.42 bits per heavy atom. The van der Waals surface area contributed by atoms with Gasteiger partial charge >= 0.3 is 0 Å². The molecule has 0 radical (unpaired) electrons. The summed E-state index contributed by atoms with van der Waals surface area (Å²) in [4.78, 5) is 0. The van der Waals surface area contributed by atoms with Crippen LogP contribution in [-0.4, -0.2) is 12.1 Å². The molecule has 1 fully saturated rings. The highest BCUT2D eigenvalue weighted by molar-refractivity contribution is 5.56. The third-order valence-electron chi connectivity index (χ3n) is 3.99. The number of hydrogen-bond donors (Lipinski definition) is 1. The molecule has 2 heteroatoms. The van der Waals surface area contributed by atoms with Gasteiger partial charge in [-0.2, -0.15) is 0 Å². The van der Waals surface area contributed by atoms with E-state index in [0.29, 0.717) is 6.04 Å². The molecular weight excluding hydrogens is 234 g/mol. The monoisotopic (exact) mass is 261 g/mol. The van der Waals surface area contributed by atoms with Gasteiger partial charge in [0.2, 0.25) is 0 Å². The zero-order valence-corrected chi connectivity index (χ0v) is 12.5. The summed E-state index contributed by atoms with van der Waals surface area (Å²) in [6, 6.07) is 8.81. The summed E-state index contributed by atoms with van der Waals surface area (Å²) in [5.41, 5.74) is 1.13. The molecule has 1 N–H and O–H groups in total. The number of nitrogens with one attached hydrogen (secondary N) is 1. The summed E-state index contributed by atoms with van der Waals surface area (Å²) in [5.74, 6) is 1.78. The Morgan fingerprint density at radius 1 is 1.05 bits per heavy atom. The van der Waals surface area contributed by atoms with Gasteiger partial charge in [-0.1, -0.05) is 31.4 Å². The van der Waals surface area contributed by atoms with Gasteiger partial charge in [-0.15, -0.1) is 0 Å². The molecule has 0 aromatic heterocycles. The van der Waals surface area contributed by atoms with Crippen molar-refractivity contribution in [2.24, 2.45) is 5.92 Å². The minimum absolute atomic E-state index is 0.216. The first-order valence-corrected chi connectivity index (χ1v) is 7.69. The van der Waals surface area contributed by atoms with Crippen LogP contribution in [0, 0.1) is 5.92 Å². The van der Waals surface area contributed by atoms with Crippen molar-refractivity contribution in [3.05, 3.63) is 24.3 Å². The summed E-state index contributed by atoms with van der Waals surface area (Å²) < 4.78 is 5.87. The first kappa shape index (κ1) is 14.2. The van der Waals surface area contributed by atoms with Crippen LogP contribution in [0.2, 0.25) is 0 Å². The predicted molar refractivity (Wildman–Crippen MR) is 81.9 cm³/mol. The molecule has 0 bridgehead atoms. The number of ether oxygens (including phenoxy) is 1. The number of para-hydroxylation sites is 2. The van der Waals surface area contributed by atoms with Crippen LogP contribution in [0.5, 0.6) is 5.75 Å². The molecule has 1 aliphatic carbocycles. The van der Waals surface area contributed by atoms with Gasteiger partial charge in [-0.05, 0) is 51.7 Å². The Balaban J connectivity index is 2.01. The fourth-order valence-electron chi connectivity index (χ4n) is 2.94. The van der Waals surface area contributed by atoms with Gasteiger partial charge in [0.05, 0.1) is 11.8 Å². The molecule has 0 aliphatic heterocycles. The molecule has 2 nitrogen and oxygen atoms in total. The van der Waals surface area contributed by atoms with Crippen LogP contribution in [0.3, 0.4) is 0 Å². The molecule has 1 atom stereocenters. The number of rotatable bonds is 5. The first-order chi connectivity index (χ1) is 9.16. The molecule has 1 aliphatic rings. The average molecular weight is 261 g/mol. The van der Waals surface area contributed by atoms with Crippen LogP contribution in [0.1, 0.15) is 52.9 Å². The van der Waals surface area contributed by atoms with Crippen molar-refractivity contribution < 1.29 is 4.74 Å². The van der Waals surface area contributed by atoms with E-state index >= 15 is 0 Å². The summed E-state index contributed by atoms with van der Waals surface area (Å²) in [6.07, 6.45) is 7.13. The first-order valence-electron chi connectivity index (χ1n) is 7.69. The number of benzene rings is 1. The minimum Gasteiger partial charge on any atom is -0.489 e. The summed E-state index contributed by atoms with van der Waals surface area (Å²) in [5, 5.41) is 3.66. The molecule has 1 aromatic carbocycles. The minimum atomic E-state index is 0.216. The van der Waals surface area contributed by atoms with Crippen molar-refractivity contribution in [3.8, 4) is 5.75 Å². The zero-order chi connectivity index (χ0) is 13.7. The van der Waals surface area contributed by atoms with E-state index in [1.54, 1.807) is 0 Å². The third-order valence-corrected chi connectivity index (χ3v) is 3.99. The van der Waals surface area contributed by atoms with E-state index in [2.05, 4.69) is 44.3 Å². The van der Waals surface area contributed by atoms with Crippen molar-refractivity contribution in [2.45, 2.75) is 65.0 Å². The Labute approximate surface area is 117 Å². The highest BCUT2D eigenvalue weighted by Gasteiger charge is 2.20. The number of anilines is 1. The highest BCUT2D eigenvalue weighted by atomic mass is 16.5. The quantitative estimate of drug-likeness (QED) is 0.817. The van der Waals surface area contributed by atoms with Crippen LogP contribution < -0.4 is 10.1 Å². The summed E-state index contributed by atoms with van der Waals surface area (Å²) >= 11 is 0. The van der Waals surface area contributed by atoms with Crippen molar-refractivity contribution in [2.75, 3.05) is 5.32 Å². The molecule has 2 rings (SSSR count). The second-order valence-corrected chi connectivity index (χ2v) is 5.99. The van der Waals surface area contributed by atoms with E-state index in [1.165, 1.54) is 32.1 Å². The van der Waals surface area contributed by atoms with Crippen molar-refractivity contribution >= 4 is 5.69 Å². The molecule has 106 valence electrons. The SMILES string of the molecule is CC(C)Oc1ccccc1NC(C)C1CCCCC1. The lowest BCUT2D eigenvalue weighted by Crippen LogP contribution is -2.28. The lowest BCUT2D eigenvalue weighted by molar-refractivity contribution is 0.243. The van der Waals surface area contributed by atoms with Gasteiger partial charge < -0.3 is 10.1 Å². The third kappa shape index (κ3) is 4.15. The Morgan fingerprint density at radius 2 is 1.74 bits per heavy atom. The highest BCUT2D eigenvalue weighted by Crippen LogP contribution is 2.31. The zero-order valence-electron chi connectivity index (χ0n) is 12.5. The maximum Gasteiger partial charge on any atom is 0.142 e. The van der Waals surface area contributed by atoms with Gasteiger partial charge in [0.1, 0.15) is 5.75 Å². The molecular formula is C17H27NO. The van der Waals surface area contributed by atoms with Crippen LogP contribution in [0.4, 0.5) is 5.69 Å². The van der Waals surface area contributed by atoms with Gasteiger partial charge in [-0.3, -0.25) is 0 Å². The van der Waals surface area contributed by atoms with E-state index in [9.17, 15) is 0 Å². The van der Waals surface area contributed by atoms with E-state index in [1.807, 2.05) is 6.07 Å². The van der Waals surface area contributed by atoms with Crippen molar-refractivity contribution in [1.82, 2.24) is 0 Å². The van der Waals surface area contributed by atoms with Gasteiger partial charge in [0.15, 0.2) is 0 Å². The largest absolute Gasteiger partial charge is 0.489 e. The molecule has 0 heterocycles. The molecule has 0 saturated heterocycles. The fourth-order valence-corrected chi connectivity index (χ4v) is 2.94. The van der Waals surface area contributed by atoms with Gasteiger partial charge in [0, 0.05) is 6.04 Å². The standard InChI is InChI=1S/C17H27NO/c1-13(2)19-17-12-8-7-11-16(17)18-14(3)15-9-5-4-6-10-15/h7-8,11-15,18H,4-6,9-10H2,1-3H3. The van der Waals surface area contributed by atoms with E-state index in [-0.39, 0.29) is 6.10 Å². The lowest BCUT2D eigenvalue weighted by atomic mass is 9.84. The maximum atomic E-state index is 5.87. The summed E-state index contributed by atoms with van der Waals surface area (Å²) in [6.45, 7) is 6.45. The molecule has 0 spiro atoms. The van der Waals surface area contributed by atoms with Crippen LogP contribution >= 0.6 is 0 Å². The van der Waals surface area contributed by atoms with Crippen molar-refractivity contribution in [3.63, 3.8) is 0 Å². The Kier molecular flexibility index (Phi) is 5.12. The Hall–Kier alpha value is -1.18. The van der Waals surface area contributed by atoms with Crippen LogP contribution in [0.25, 0.3) is 0 Å². The molecule has 1 aromatic rings. The number of hydrogen-bond acceptors (Lipinski definition) is 2. The maximum absolute atomic E-state index is 5.87. The van der Waals surface area contributed by atoms with Crippen LogP contribution in [0.15, 0.2) is 24.3 Å². The second-order valence-electron chi connectivity index (χ2n) is 5.99. The average Bonchev–Trinajstić information content (AvgIpc) is 2.41. The normalized spacial score (nSPS) is 18.3. The molecule has 19 heavy (non-hydrogen) atoms. The molecule has 0 amide bonds. The Bertz CT molecular complexity index is 383. The van der Waals surface area contributed by atoms with Gasteiger partial charge in [-0.25, -0.2) is 0 Å².